The molecule has 1 aliphatic carbocycles. The monoisotopic (exact) mass is 545 g/mol. The molecule has 0 heterocycles. The zero-order chi connectivity index (χ0) is 27.7. The van der Waals surface area contributed by atoms with Crippen LogP contribution in [0.3, 0.4) is 0 Å². The van der Waals surface area contributed by atoms with Crippen LogP contribution in [0.5, 0.6) is 0 Å². The van der Waals surface area contributed by atoms with Crippen molar-refractivity contribution in [2.24, 2.45) is 0 Å². The van der Waals surface area contributed by atoms with Crippen molar-refractivity contribution in [2.45, 2.75) is 83.8 Å². The number of amides is 2. The summed E-state index contributed by atoms with van der Waals surface area (Å²) in [7, 11) is -3.76. The van der Waals surface area contributed by atoms with Crippen molar-refractivity contribution in [1.29, 1.82) is 0 Å². The predicted molar refractivity (Wildman–Crippen MR) is 149 cm³/mol. The predicted octanol–water partition coefficient (Wildman–Crippen LogP) is 4.94. The molecule has 7 nitrogen and oxygen atoms in total. The number of hydrogen-bond donors (Lipinski definition) is 1. The Hall–Kier alpha value is -2.94. The van der Waals surface area contributed by atoms with E-state index >= 15 is 0 Å². The summed E-state index contributed by atoms with van der Waals surface area (Å²) in [5, 5.41) is 3.16. The van der Waals surface area contributed by atoms with Crippen LogP contribution in [0.25, 0.3) is 0 Å². The van der Waals surface area contributed by atoms with Gasteiger partial charge in [0.05, 0.1) is 11.9 Å². The second-order valence-electron chi connectivity index (χ2n) is 10.2. The van der Waals surface area contributed by atoms with E-state index in [2.05, 4.69) is 5.32 Å². The van der Waals surface area contributed by atoms with E-state index in [0.717, 1.165) is 47.4 Å². The number of benzene rings is 2. The number of sulfonamides is 1. The lowest BCUT2D eigenvalue weighted by atomic mass is 9.95. The van der Waals surface area contributed by atoms with E-state index in [-0.39, 0.29) is 49.5 Å². The van der Waals surface area contributed by atoms with Gasteiger partial charge in [-0.3, -0.25) is 13.9 Å². The van der Waals surface area contributed by atoms with Crippen molar-refractivity contribution < 1.29 is 22.4 Å². The maximum absolute atomic E-state index is 14.4. The van der Waals surface area contributed by atoms with Crippen molar-refractivity contribution >= 4 is 27.5 Å². The molecule has 9 heteroatoms. The second kappa shape index (κ2) is 13.7. The van der Waals surface area contributed by atoms with E-state index in [0.29, 0.717) is 6.42 Å². The lowest BCUT2D eigenvalue weighted by Gasteiger charge is -2.33. The first-order valence-corrected chi connectivity index (χ1v) is 15.3. The minimum absolute atomic E-state index is 0.0273. The number of hydrogen-bond acceptors (Lipinski definition) is 4. The molecule has 38 heavy (non-hydrogen) atoms. The molecule has 0 radical (unpaired) electrons. The summed E-state index contributed by atoms with van der Waals surface area (Å²) in [6.45, 7) is 4.11. The fraction of sp³-hybridized carbons (Fsp3) is 0.517. The van der Waals surface area contributed by atoms with Crippen LogP contribution in [0, 0.1) is 12.7 Å². The number of nitrogens with one attached hydrogen (secondary N) is 1. The number of carbonyl (C=O) groups is 2. The first-order valence-electron chi connectivity index (χ1n) is 13.5. The quantitative estimate of drug-likeness (QED) is 0.410. The molecule has 1 fully saturated rings. The number of anilines is 1. The Balaban J connectivity index is 1.76. The third kappa shape index (κ3) is 8.28. The summed E-state index contributed by atoms with van der Waals surface area (Å²) in [6, 6.07) is 13.0. The van der Waals surface area contributed by atoms with Gasteiger partial charge in [-0.05, 0) is 50.3 Å². The van der Waals surface area contributed by atoms with Crippen LogP contribution < -0.4 is 9.62 Å². The fourth-order valence-corrected chi connectivity index (χ4v) is 5.96. The van der Waals surface area contributed by atoms with E-state index in [4.69, 9.17) is 0 Å². The normalized spacial score (nSPS) is 15.1. The van der Waals surface area contributed by atoms with Gasteiger partial charge in [0, 0.05) is 25.6 Å². The molecule has 0 unspecified atom stereocenters. The maximum Gasteiger partial charge on any atom is 0.243 e. The van der Waals surface area contributed by atoms with Crippen LogP contribution in [0.2, 0.25) is 0 Å². The molecule has 0 saturated heterocycles. The van der Waals surface area contributed by atoms with Gasteiger partial charge in [0.1, 0.15) is 11.9 Å². The van der Waals surface area contributed by atoms with Crippen molar-refractivity contribution in [3.8, 4) is 0 Å². The molecule has 1 atom stereocenters. The van der Waals surface area contributed by atoms with Crippen LogP contribution in [0.1, 0.15) is 69.4 Å². The van der Waals surface area contributed by atoms with E-state index in [1.807, 2.05) is 38.1 Å². The average molecular weight is 546 g/mol. The SMILES string of the molecule is CC[C@@H](C(=O)NC1CCCCC1)N(Cc1ccc(C)cc1)C(=O)CCCN(c1ccccc1F)S(C)(=O)=O. The van der Waals surface area contributed by atoms with Crippen LogP contribution >= 0.6 is 0 Å². The minimum atomic E-state index is -3.76. The van der Waals surface area contributed by atoms with Crippen molar-refractivity contribution in [1.82, 2.24) is 10.2 Å². The fourth-order valence-electron chi connectivity index (χ4n) is 4.99. The molecule has 1 aliphatic rings. The third-order valence-electron chi connectivity index (χ3n) is 7.08. The minimum Gasteiger partial charge on any atom is -0.352 e. The molecule has 0 spiro atoms. The van der Waals surface area contributed by atoms with Gasteiger partial charge in [0.2, 0.25) is 21.8 Å². The van der Waals surface area contributed by atoms with Crippen molar-refractivity contribution in [2.75, 3.05) is 17.1 Å². The van der Waals surface area contributed by atoms with Gasteiger partial charge >= 0.3 is 0 Å². The number of aryl methyl sites for hydroxylation is 1. The molecule has 3 rings (SSSR count). The summed E-state index contributed by atoms with van der Waals surface area (Å²) in [4.78, 5) is 28.5. The van der Waals surface area contributed by atoms with Gasteiger partial charge in [0.15, 0.2) is 0 Å². The van der Waals surface area contributed by atoms with Crippen LogP contribution in [-0.2, 0) is 26.2 Å². The highest BCUT2D eigenvalue weighted by atomic mass is 32.2. The average Bonchev–Trinajstić information content (AvgIpc) is 2.88. The lowest BCUT2D eigenvalue weighted by molar-refractivity contribution is -0.141. The number of nitrogens with zero attached hydrogens (tertiary/aromatic N) is 2. The van der Waals surface area contributed by atoms with Gasteiger partial charge in [-0.2, -0.15) is 0 Å². The largest absolute Gasteiger partial charge is 0.352 e. The summed E-state index contributed by atoms with van der Waals surface area (Å²) in [6.07, 6.45) is 6.95. The Morgan fingerprint density at radius 1 is 1.05 bits per heavy atom. The Kier molecular flexibility index (Phi) is 10.7. The number of halogens is 1. The second-order valence-corrected chi connectivity index (χ2v) is 12.1. The van der Waals surface area contributed by atoms with E-state index in [1.165, 1.54) is 24.6 Å². The van der Waals surface area contributed by atoms with Crippen LogP contribution in [-0.4, -0.2) is 50.0 Å². The molecule has 2 aromatic rings. The number of rotatable bonds is 12. The highest BCUT2D eigenvalue weighted by Gasteiger charge is 2.30. The zero-order valence-electron chi connectivity index (χ0n) is 22.7. The maximum atomic E-state index is 14.4. The first-order chi connectivity index (χ1) is 18.1. The van der Waals surface area contributed by atoms with E-state index in [9.17, 15) is 22.4 Å². The van der Waals surface area contributed by atoms with Gasteiger partial charge in [-0.1, -0.05) is 68.1 Å². The molecule has 1 N–H and O–H groups in total. The molecule has 2 amide bonds. The third-order valence-corrected chi connectivity index (χ3v) is 8.26. The van der Waals surface area contributed by atoms with Gasteiger partial charge < -0.3 is 10.2 Å². The lowest BCUT2D eigenvalue weighted by Crippen LogP contribution is -2.51. The smallest absolute Gasteiger partial charge is 0.243 e. The number of para-hydroxylation sites is 1. The highest BCUT2D eigenvalue weighted by molar-refractivity contribution is 7.92. The summed E-state index contributed by atoms with van der Waals surface area (Å²) in [5.41, 5.74) is 1.97. The zero-order valence-corrected chi connectivity index (χ0v) is 23.5. The molecular weight excluding hydrogens is 505 g/mol. The topological polar surface area (TPSA) is 86.8 Å². The van der Waals surface area contributed by atoms with Crippen LogP contribution in [0.15, 0.2) is 48.5 Å². The van der Waals surface area contributed by atoms with Crippen molar-refractivity contribution in [3.63, 3.8) is 0 Å². The summed E-state index contributed by atoms with van der Waals surface area (Å²) < 4.78 is 40.2. The Morgan fingerprint density at radius 2 is 1.71 bits per heavy atom. The number of carbonyl (C=O) groups excluding carboxylic acids is 2. The summed E-state index contributed by atoms with van der Waals surface area (Å²) >= 11 is 0. The Morgan fingerprint density at radius 3 is 2.32 bits per heavy atom. The highest BCUT2D eigenvalue weighted by Crippen LogP contribution is 2.23. The summed E-state index contributed by atoms with van der Waals surface area (Å²) in [5.74, 6) is -1.03. The van der Waals surface area contributed by atoms with Gasteiger partial charge in [0.25, 0.3) is 0 Å². The molecular formula is C29H40FN3O4S. The standard InChI is InChI=1S/C29H40FN3O4S/c1-4-26(29(35)31-24-11-6-5-7-12-24)32(21-23-18-16-22(2)17-19-23)28(34)15-10-20-33(38(3,36)37)27-14-9-8-13-25(27)30/h8-9,13-14,16-19,24,26H,4-7,10-12,15,20-21H2,1-3H3,(H,31,35)/t26-/m0/s1. The molecule has 0 aliphatic heterocycles. The van der Waals surface area contributed by atoms with Crippen LogP contribution in [0.4, 0.5) is 10.1 Å². The first kappa shape index (κ1) is 29.6. The Labute approximate surface area is 226 Å². The van der Waals surface area contributed by atoms with Gasteiger partial charge in [-0.25, -0.2) is 12.8 Å². The van der Waals surface area contributed by atoms with Gasteiger partial charge in [-0.15, -0.1) is 0 Å². The molecule has 0 bridgehead atoms. The molecule has 2 aromatic carbocycles. The van der Waals surface area contributed by atoms with Crippen molar-refractivity contribution in [3.05, 3.63) is 65.5 Å². The molecule has 208 valence electrons. The van der Waals surface area contributed by atoms with E-state index < -0.39 is 21.9 Å². The molecule has 0 aromatic heterocycles. The molecule has 1 saturated carbocycles. The van der Waals surface area contributed by atoms with E-state index in [1.54, 1.807) is 11.0 Å². The Bertz CT molecular complexity index is 1180.